The monoisotopic (exact) mass is 332 g/mol. The van der Waals surface area contributed by atoms with E-state index in [1.165, 1.54) is 6.07 Å². The maximum Gasteiger partial charge on any atom is 0.433 e. The van der Waals surface area contributed by atoms with E-state index < -0.39 is 11.1 Å². The zero-order valence-corrected chi connectivity index (χ0v) is 12.9. The van der Waals surface area contributed by atoms with Gasteiger partial charge in [0.05, 0.1) is 17.1 Å². The summed E-state index contributed by atoms with van der Waals surface area (Å²) in [6.45, 7) is 0. The minimum absolute atomic E-state index is 0.276. The number of hydrogen-bond acceptors (Lipinski definition) is 5. The van der Waals surface area contributed by atoms with Crippen LogP contribution in [-0.2, 0) is 0 Å². The molecule has 0 saturated heterocycles. The highest BCUT2D eigenvalue weighted by Gasteiger charge is 2.30. The van der Waals surface area contributed by atoms with Crippen LogP contribution in [0.3, 0.4) is 0 Å². The van der Waals surface area contributed by atoms with E-state index in [2.05, 4.69) is 5.32 Å². The standard InChI is InChI=1S/C18H12N4O3/c23-22(24)16-10-9-15(25-16)18-19-12-6-2-1-5-11(12)17-20-13-7-3-4-8-14(13)21(17)18/h1-10,18-19H. The number of nitro groups is 1. The summed E-state index contributed by atoms with van der Waals surface area (Å²) in [4.78, 5) is 15.2. The SMILES string of the molecule is O=[N+]([O-])c1ccc(C2Nc3ccccc3-c3nc4ccccc4n32)o1. The molecule has 2 aromatic carbocycles. The average molecular weight is 332 g/mol. The van der Waals surface area contributed by atoms with Crippen molar-refractivity contribution in [1.82, 2.24) is 9.55 Å². The summed E-state index contributed by atoms with van der Waals surface area (Å²) in [6, 6.07) is 18.7. The number of para-hydroxylation sites is 3. The Morgan fingerprint density at radius 2 is 1.88 bits per heavy atom. The van der Waals surface area contributed by atoms with Gasteiger partial charge in [-0.3, -0.25) is 14.7 Å². The number of imidazole rings is 1. The van der Waals surface area contributed by atoms with Gasteiger partial charge in [-0.05, 0) is 30.3 Å². The van der Waals surface area contributed by atoms with E-state index >= 15 is 0 Å². The van der Waals surface area contributed by atoms with Crippen molar-refractivity contribution in [3.8, 4) is 11.4 Å². The number of nitrogens with zero attached hydrogens (tertiary/aromatic N) is 3. The van der Waals surface area contributed by atoms with Gasteiger partial charge in [0.1, 0.15) is 10.7 Å². The number of benzene rings is 2. The van der Waals surface area contributed by atoms with Gasteiger partial charge in [-0.25, -0.2) is 4.98 Å². The molecule has 1 aliphatic rings. The van der Waals surface area contributed by atoms with Crippen LogP contribution < -0.4 is 5.32 Å². The first-order chi connectivity index (χ1) is 12.2. The van der Waals surface area contributed by atoms with Crippen molar-refractivity contribution >= 4 is 22.6 Å². The van der Waals surface area contributed by atoms with E-state index in [0.717, 1.165) is 28.1 Å². The van der Waals surface area contributed by atoms with Gasteiger partial charge in [-0.15, -0.1) is 0 Å². The molecule has 0 amide bonds. The lowest BCUT2D eigenvalue weighted by Gasteiger charge is -2.28. The van der Waals surface area contributed by atoms with Crippen LogP contribution in [0.1, 0.15) is 11.9 Å². The fourth-order valence-corrected chi connectivity index (χ4v) is 3.30. The third-order valence-electron chi connectivity index (χ3n) is 4.38. The van der Waals surface area contributed by atoms with Crippen LogP contribution in [-0.4, -0.2) is 14.5 Å². The predicted octanol–water partition coefficient (Wildman–Crippen LogP) is 4.18. The molecular weight excluding hydrogens is 320 g/mol. The molecule has 0 aliphatic carbocycles. The summed E-state index contributed by atoms with van der Waals surface area (Å²) < 4.78 is 7.48. The van der Waals surface area contributed by atoms with Gasteiger partial charge in [-0.2, -0.15) is 0 Å². The lowest BCUT2D eigenvalue weighted by Crippen LogP contribution is -2.24. The Morgan fingerprint density at radius 3 is 2.72 bits per heavy atom. The molecule has 4 aromatic rings. The molecule has 122 valence electrons. The fraction of sp³-hybridized carbons (Fsp3) is 0.0556. The average Bonchev–Trinajstić information content (AvgIpc) is 3.26. The molecule has 1 aliphatic heterocycles. The number of aromatic nitrogens is 2. The molecule has 7 heteroatoms. The number of nitrogens with one attached hydrogen (secondary N) is 1. The molecule has 1 unspecified atom stereocenters. The van der Waals surface area contributed by atoms with Gasteiger partial charge in [0.25, 0.3) is 0 Å². The van der Waals surface area contributed by atoms with Crippen molar-refractivity contribution in [2.24, 2.45) is 0 Å². The van der Waals surface area contributed by atoms with Crippen LogP contribution in [0.15, 0.2) is 65.1 Å². The van der Waals surface area contributed by atoms with E-state index in [1.807, 2.05) is 53.1 Å². The maximum atomic E-state index is 11.0. The number of furan rings is 1. The second-order valence-electron chi connectivity index (χ2n) is 5.82. The lowest BCUT2D eigenvalue weighted by atomic mass is 10.1. The molecule has 25 heavy (non-hydrogen) atoms. The Hall–Kier alpha value is -3.61. The Morgan fingerprint density at radius 1 is 1.08 bits per heavy atom. The Labute approximate surface area is 141 Å². The van der Waals surface area contributed by atoms with Crippen molar-refractivity contribution in [2.45, 2.75) is 6.17 Å². The Balaban J connectivity index is 1.78. The smallest absolute Gasteiger partial charge is 0.402 e. The highest BCUT2D eigenvalue weighted by Crippen LogP contribution is 2.41. The van der Waals surface area contributed by atoms with Crippen LogP contribution in [0, 0.1) is 10.1 Å². The molecule has 5 rings (SSSR count). The molecule has 0 spiro atoms. The van der Waals surface area contributed by atoms with Gasteiger partial charge < -0.3 is 9.73 Å². The van der Waals surface area contributed by atoms with Crippen LogP contribution in [0.25, 0.3) is 22.4 Å². The van der Waals surface area contributed by atoms with Crippen LogP contribution >= 0.6 is 0 Å². The summed E-state index contributed by atoms with van der Waals surface area (Å²) in [5.41, 5.74) is 3.69. The molecular formula is C18H12N4O3. The first-order valence-corrected chi connectivity index (χ1v) is 7.79. The molecule has 0 saturated carbocycles. The molecule has 1 atom stereocenters. The van der Waals surface area contributed by atoms with Gasteiger partial charge in [0.15, 0.2) is 11.9 Å². The third-order valence-corrected chi connectivity index (χ3v) is 4.38. The maximum absolute atomic E-state index is 11.0. The Kier molecular flexibility index (Phi) is 2.73. The zero-order chi connectivity index (χ0) is 17.0. The predicted molar refractivity (Wildman–Crippen MR) is 92.3 cm³/mol. The van der Waals surface area contributed by atoms with Crippen LogP contribution in [0.2, 0.25) is 0 Å². The quantitative estimate of drug-likeness (QED) is 0.439. The first-order valence-electron chi connectivity index (χ1n) is 7.79. The lowest BCUT2D eigenvalue weighted by molar-refractivity contribution is -0.402. The van der Waals surface area contributed by atoms with Gasteiger partial charge in [0.2, 0.25) is 0 Å². The highest BCUT2D eigenvalue weighted by atomic mass is 16.6. The molecule has 1 N–H and O–H groups in total. The molecule has 7 nitrogen and oxygen atoms in total. The van der Waals surface area contributed by atoms with E-state index in [1.54, 1.807) is 6.07 Å². The number of anilines is 1. The molecule has 2 aromatic heterocycles. The van der Waals surface area contributed by atoms with Crippen molar-refractivity contribution in [1.29, 1.82) is 0 Å². The minimum atomic E-state index is -0.535. The summed E-state index contributed by atoms with van der Waals surface area (Å²) in [5.74, 6) is 0.992. The topological polar surface area (TPSA) is 86.1 Å². The molecule has 0 bridgehead atoms. The van der Waals surface area contributed by atoms with Crippen LogP contribution in [0.4, 0.5) is 11.6 Å². The minimum Gasteiger partial charge on any atom is -0.402 e. The normalized spacial score (nSPS) is 15.4. The molecule has 3 heterocycles. The van der Waals surface area contributed by atoms with Crippen molar-refractivity contribution in [2.75, 3.05) is 5.32 Å². The summed E-state index contributed by atoms with van der Waals surface area (Å²) in [6.07, 6.45) is -0.411. The fourth-order valence-electron chi connectivity index (χ4n) is 3.30. The van der Waals surface area contributed by atoms with E-state index in [-0.39, 0.29) is 5.88 Å². The highest BCUT2D eigenvalue weighted by molar-refractivity contribution is 5.86. The van der Waals surface area contributed by atoms with Gasteiger partial charge in [0, 0.05) is 11.3 Å². The van der Waals surface area contributed by atoms with E-state index in [4.69, 9.17) is 9.40 Å². The third kappa shape index (κ3) is 1.96. The van der Waals surface area contributed by atoms with Gasteiger partial charge >= 0.3 is 5.88 Å². The first kappa shape index (κ1) is 13.8. The molecule has 0 radical (unpaired) electrons. The summed E-state index contributed by atoms with van der Waals surface area (Å²) in [7, 11) is 0. The van der Waals surface area contributed by atoms with Crippen molar-refractivity contribution in [3.05, 3.63) is 76.5 Å². The van der Waals surface area contributed by atoms with Crippen molar-refractivity contribution in [3.63, 3.8) is 0 Å². The van der Waals surface area contributed by atoms with Crippen LogP contribution in [0.5, 0.6) is 0 Å². The van der Waals surface area contributed by atoms with E-state index in [0.29, 0.717) is 5.76 Å². The van der Waals surface area contributed by atoms with Crippen molar-refractivity contribution < 1.29 is 9.34 Å². The summed E-state index contributed by atoms with van der Waals surface area (Å²) >= 11 is 0. The van der Waals surface area contributed by atoms with Gasteiger partial charge in [-0.1, -0.05) is 24.3 Å². The largest absolute Gasteiger partial charge is 0.433 e. The number of rotatable bonds is 2. The second-order valence-corrected chi connectivity index (χ2v) is 5.82. The Bertz CT molecular complexity index is 1130. The summed E-state index contributed by atoms with van der Waals surface area (Å²) in [5, 5.41) is 14.4. The second kappa shape index (κ2) is 4.94. The number of fused-ring (bicyclic) bond motifs is 5. The molecule has 0 fully saturated rings. The number of hydrogen-bond donors (Lipinski definition) is 1. The zero-order valence-electron chi connectivity index (χ0n) is 12.9. The van der Waals surface area contributed by atoms with E-state index in [9.17, 15) is 10.1 Å².